The van der Waals surface area contributed by atoms with Crippen molar-refractivity contribution in [2.75, 3.05) is 6.61 Å². The molecule has 0 aliphatic rings. The van der Waals surface area contributed by atoms with Gasteiger partial charge in [0.05, 0.1) is 16.7 Å². The van der Waals surface area contributed by atoms with Crippen LogP contribution < -0.4 is 10.5 Å². The maximum atomic E-state index is 5.97. The van der Waals surface area contributed by atoms with Gasteiger partial charge in [0.15, 0.2) is 5.75 Å². The molecule has 4 heteroatoms. The second-order valence-corrected chi connectivity index (χ2v) is 4.91. The number of hydrogen-bond acceptors (Lipinski definition) is 2. The second-order valence-electron chi connectivity index (χ2n) is 4.10. The van der Waals surface area contributed by atoms with Gasteiger partial charge in [-0.2, -0.15) is 0 Å². The van der Waals surface area contributed by atoms with Gasteiger partial charge in [0, 0.05) is 6.04 Å². The van der Waals surface area contributed by atoms with Crippen LogP contribution in [-0.4, -0.2) is 12.6 Å². The fourth-order valence-corrected chi connectivity index (χ4v) is 1.76. The Hall–Kier alpha value is -0.440. The summed E-state index contributed by atoms with van der Waals surface area (Å²) in [6.07, 6.45) is 0.791. The van der Waals surface area contributed by atoms with Crippen LogP contribution in [-0.2, 0) is 0 Å². The summed E-state index contributed by atoms with van der Waals surface area (Å²) in [6, 6.07) is 5.44. The molecular formula is C12H17Cl2NO. The first kappa shape index (κ1) is 13.6. The molecule has 0 aromatic heterocycles. The van der Waals surface area contributed by atoms with Crippen molar-refractivity contribution < 1.29 is 4.74 Å². The molecule has 0 fully saturated rings. The van der Waals surface area contributed by atoms with E-state index in [2.05, 4.69) is 13.8 Å². The topological polar surface area (TPSA) is 35.2 Å². The molecule has 1 atom stereocenters. The molecule has 1 rings (SSSR count). The highest BCUT2D eigenvalue weighted by molar-refractivity contribution is 6.37. The third-order valence-corrected chi connectivity index (χ3v) is 3.07. The zero-order chi connectivity index (χ0) is 12.1. The van der Waals surface area contributed by atoms with Crippen molar-refractivity contribution >= 4 is 23.2 Å². The second kappa shape index (κ2) is 6.33. The molecule has 16 heavy (non-hydrogen) atoms. The van der Waals surface area contributed by atoms with Gasteiger partial charge in [-0.05, 0) is 24.5 Å². The van der Waals surface area contributed by atoms with Gasteiger partial charge < -0.3 is 10.5 Å². The lowest BCUT2D eigenvalue weighted by Gasteiger charge is -2.16. The van der Waals surface area contributed by atoms with E-state index in [9.17, 15) is 0 Å². The van der Waals surface area contributed by atoms with Crippen molar-refractivity contribution in [3.63, 3.8) is 0 Å². The first-order chi connectivity index (χ1) is 7.52. The van der Waals surface area contributed by atoms with Crippen LogP contribution >= 0.6 is 23.2 Å². The molecule has 0 aliphatic carbocycles. The Morgan fingerprint density at radius 2 is 1.81 bits per heavy atom. The monoisotopic (exact) mass is 261 g/mol. The molecule has 1 unspecified atom stereocenters. The predicted octanol–water partition coefficient (Wildman–Crippen LogP) is 3.75. The molecule has 1 aromatic carbocycles. The third kappa shape index (κ3) is 3.85. The maximum absolute atomic E-state index is 5.97. The highest BCUT2D eigenvalue weighted by Crippen LogP contribution is 2.32. The van der Waals surface area contributed by atoms with Gasteiger partial charge in [0.1, 0.15) is 0 Å². The number of ether oxygens (including phenoxy) is 1. The zero-order valence-corrected chi connectivity index (χ0v) is 11.1. The number of benzene rings is 1. The molecule has 90 valence electrons. The van der Waals surface area contributed by atoms with Crippen LogP contribution in [0.5, 0.6) is 5.75 Å². The first-order valence-corrected chi connectivity index (χ1v) is 6.10. The van der Waals surface area contributed by atoms with Crippen molar-refractivity contribution in [3.8, 4) is 5.75 Å². The van der Waals surface area contributed by atoms with Crippen LogP contribution in [0.25, 0.3) is 0 Å². The van der Waals surface area contributed by atoms with E-state index < -0.39 is 0 Å². The average Bonchev–Trinajstić information content (AvgIpc) is 2.22. The minimum Gasteiger partial charge on any atom is -0.490 e. The van der Waals surface area contributed by atoms with Gasteiger partial charge in [-0.3, -0.25) is 0 Å². The molecule has 1 aromatic rings. The van der Waals surface area contributed by atoms with E-state index in [0.717, 1.165) is 6.42 Å². The van der Waals surface area contributed by atoms with Gasteiger partial charge in [-0.15, -0.1) is 0 Å². The molecule has 0 radical (unpaired) electrons. The lowest BCUT2D eigenvalue weighted by atomic mass is 10.0. The van der Waals surface area contributed by atoms with Gasteiger partial charge >= 0.3 is 0 Å². The summed E-state index contributed by atoms with van der Waals surface area (Å²) in [5.41, 5.74) is 5.91. The quantitative estimate of drug-likeness (QED) is 0.877. The van der Waals surface area contributed by atoms with Crippen LogP contribution in [0, 0.1) is 5.92 Å². The van der Waals surface area contributed by atoms with E-state index in [0.29, 0.717) is 28.3 Å². The van der Waals surface area contributed by atoms with E-state index in [1.54, 1.807) is 18.2 Å². The molecule has 0 saturated carbocycles. The maximum Gasteiger partial charge on any atom is 0.156 e. The Morgan fingerprint density at radius 3 is 2.31 bits per heavy atom. The number of hydrogen-bond donors (Lipinski definition) is 1. The minimum absolute atomic E-state index is 0.140. The molecule has 0 heterocycles. The van der Waals surface area contributed by atoms with Crippen LogP contribution in [0.2, 0.25) is 10.0 Å². The SMILES string of the molecule is CC(C)C(N)CCOc1c(Cl)cccc1Cl. The molecule has 0 aliphatic heterocycles. The first-order valence-electron chi connectivity index (χ1n) is 5.34. The van der Waals surface area contributed by atoms with Gasteiger partial charge in [0.25, 0.3) is 0 Å². The van der Waals surface area contributed by atoms with E-state index in [-0.39, 0.29) is 6.04 Å². The Kier molecular flexibility index (Phi) is 5.39. The number of rotatable bonds is 5. The largest absolute Gasteiger partial charge is 0.490 e. The summed E-state index contributed by atoms with van der Waals surface area (Å²) in [5.74, 6) is 0.993. The number of halogens is 2. The molecule has 0 saturated heterocycles. The van der Waals surface area contributed by atoms with Crippen molar-refractivity contribution in [1.82, 2.24) is 0 Å². The van der Waals surface area contributed by atoms with Crippen LogP contribution in [0.1, 0.15) is 20.3 Å². The van der Waals surface area contributed by atoms with E-state index in [1.165, 1.54) is 0 Å². The Bertz CT molecular complexity index is 322. The molecule has 0 bridgehead atoms. The van der Waals surface area contributed by atoms with E-state index >= 15 is 0 Å². The van der Waals surface area contributed by atoms with E-state index in [4.69, 9.17) is 33.7 Å². The molecular weight excluding hydrogens is 245 g/mol. The Balaban J connectivity index is 2.49. The van der Waals surface area contributed by atoms with Crippen molar-refractivity contribution in [1.29, 1.82) is 0 Å². The van der Waals surface area contributed by atoms with Crippen molar-refractivity contribution in [2.24, 2.45) is 11.7 Å². The fraction of sp³-hybridized carbons (Fsp3) is 0.500. The summed E-state index contributed by atoms with van der Waals surface area (Å²) >= 11 is 11.9. The van der Waals surface area contributed by atoms with Crippen LogP contribution in [0.3, 0.4) is 0 Å². The fourth-order valence-electron chi connectivity index (χ4n) is 1.25. The van der Waals surface area contributed by atoms with Crippen LogP contribution in [0.15, 0.2) is 18.2 Å². The highest BCUT2D eigenvalue weighted by Gasteiger charge is 2.10. The molecule has 2 nitrogen and oxygen atoms in total. The Labute approximate surface area is 107 Å². The number of nitrogens with two attached hydrogens (primary N) is 1. The smallest absolute Gasteiger partial charge is 0.156 e. The summed E-state index contributed by atoms with van der Waals surface area (Å²) in [5, 5.41) is 1.07. The van der Waals surface area contributed by atoms with Gasteiger partial charge in [0.2, 0.25) is 0 Å². The molecule has 2 N–H and O–H groups in total. The lowest BCUT2D eigenvalue weighted by molar-refractivity contribution is 0.282. The summed E-state index contributed by atoms with van der Waals surface area (Å²) in [7, 11) is 0. The Morgan fingerprint density at radius 1 is 1.25 bits per heavy atom. The normalized spacial score (nSPS) is 12.9. The highest BCUT2D eigenvalue weighted by atomic mass is 35.5. The molecule has 0 spiro atoms. The van der Waals surface area contributed by atoms with Crippen molar-refractivity contribution in [3.05, 3.63) is 28.2 Å². The lowest BCUT2D eigenvalue weighted by Crippen LogP contribution is -2.28. The summed E-state index contributed by atoms with van der Waals surface area (Å²) in [4.78, 5) is 0. The van der Waals surface area contributed by atoms with Gasteiger partial charge in [-0.25, -0.2) is 0 Å². The third-order valence-electron chi connectivity index (χ3n) is 2.47. The molecule has 0 amide bonds. The summed E-state index contributed by atoms with van der Waals surface area (Å²) in [6.45, 7) is 4.71. The average molecular weight is 262 g/mol. The number of para-hydroxylation sites is 1. The van der Waals surface area contributed by atoms with Gasteiger partial charge in [-0.1, -0.05) is 43.1 Å². The standard InChI is InChI=1S/C12H17Cl2NO/c1-8(2)11(15)6-7-16-12-9(13)4-3-5-10(12)14/h3-5,8,11H,6-7,15H2,1-2H3. The zero-order valence-electron chi connectivity index (χ0n) is 9.54. The predicted molar refractivity (Wildman–Crippen MR) is 69.4 cm³/mol. The van der Waals surface area contributed by atoms with E-state index in [1.807, 2.05) is 0 Å². The summed E-state index contributed by atoms with van der Waals surface area (Å²) < 4.78 is 5.54. The van der Waals surface area contributed by atoms with Crippen molar-refractivity contribution in [2.45, 2.75) is 26.3 Å². The minimum atomic E-state index is 0.140. The van der Waals surface area contributed by atoms with Crippen LogP contribution in [0.4, 0.5) is 0 Å².